The summed E-state index contributed by atoms with van der Waals surface area (Å²) >= 11 is 0. The zero-order valence-electron chi connectivity index (χ0n) is 12.7. The Bertz CT molecular complexity index is 154. The summed E-state index contributed by atoms with van der Waals surface area (Å²) in [4.78, 5) is 4.46. The van der Waals surface area contributed by atoms with Crippen molar-refractivity contribution in [1.29, 1.82) is 0 Å². The summed E-state index contributed by atoms with van der Waals surface area (Å²) in [6, 6.07) is 0. The van der Waals surface area contributed by atoms with Crippen molar-refractivity contribution in [3.63, 3.8) is 0 Å². The van der Waals surface area contributed by atoms with Gasteiger partial charge in [0.15, 0.2) is 0 Å². The van der Waals surface area contributed by atoms with E-state index in [1.807, 2.05) is 0 Å². The van der Waals surface area contributed by atoms with Gasteiger partial charge in [-0.3, -0.25) is 0 Å². The Balaban J connectivity index is 3.48. The monoisotopic (exact) mass is 244 g/mol. The predicted molar refractivity (Wildman–Crippen MR) is 75.6 cm³/mol. The van der Waals surface area contributed by atoms with Crippen LogP contribution in [0.25, 0.3) is 0 Å². The fourth-order valence-electron chi connectivity index (χ4n) is 1.92. The molecule has 2 unspecified atom stereocenters. The highest BCUT2D eigenvalue weighted by Crippen LogP contribution is 2.09. The molecule has 104 valence electrons. The maximum absolute atomic E-state index is 5.98. The van der Waals surface area contributed by atoms with Gasteiger partial charge in [-0.05, 0) is 80.8 Å². The highest BCUT2D eigenvalue weighted by molar-refractivity contribution is 4.59. The SMILES string of the molecule is CC(CCCN(C)C)OC(C)CCCN(C)C. The van der Waals surface area contributed by atoms with Gasteiger partial charge in [-0.25, -0.2) is 0 Å². The van der Waals surface area contributed by atoms with Gasteiger partial charge in [0.05, 0.1) is 12.2 Å². The minimum Gasteiger partial charge on any atom is -0.376 e. The second-order valence-electron chi connectivity index (χ2n) is 5.65. The lowest BCUT2D eigenvalue weighted by molar-refractivity contribution is -0.00308. The van der Waals surface area contributed by atoms with Crippen molar-refractivity contribution in [1.82, 2.24) is 9.80 Å². The second-order valence-corrected chi connectivity index (χ2v) is 5.65. The van der Waals surface area contributed by atoms with E-state index >= 15 is 0 Å². The first kappa shape index (κ1) is 16.9. The van der Waals surface area contributed by atoms with Gasteiger partial charge in [0.2, 0.25) is 0 Å². The zero-order chi connectivity index (χ0) is 13.3. The third-order valence-electron chi connectivity index (χ3n) is 2.90. The van der Waals surface area contributed by atoms with Crippen molar-refractivity contribution in [2.24, 2.45) is 0 Å². The van der Waals surface area contributed by atoms with Crippen molar-refractivity contribution >= 4 is 0 Å². The van der Waals surface area contributed by atoms with E-state index in [1.54, 1.807) is 0 Å². The van der Waals surface area contributed by atoms with E-state index in [9.17, 15) is 0 Å². The molecule has 17 heavy (non-hydrogen) atoms. The molecule has 0 aromatic carbocycles. The van der Waals surface area contributed by atoms with Crippen LogP contribution in [0, 0.1) is 0 Å². The zero-order valence-corrected chi connectivity index (χ0v) is 12.7. The van der Waals surface area contributed by atoms with Gasteiger partial charge < -0.3 is 14.5 Å². The van der Waals surface area contributed by atoms with E-state index in [2.05, 4.69) is 51.8 Å². The molecule has 0 N–H and O–H groups in total. The van der Waals surface area contributed by atoms with Gasteiger partial charge in [-0.15, -0.1) is 0 Å². The molecule has 0 aliphatic rings. The number of rotatable bonds is 10. The molecule has 0 saturated carbocycles. The van der Waals surface area contributed by atoms with E-state index in [0.29, 0.717) is 12.2 Å². The average Bonchev–Trinajstić information content (AvgIpc) is 2.15. The van der Waals surface area contributed by atoms with Crippen LogP contribution in [0.15, 0.2) is 0 Å². The lowest BCUT2D eigenvalue weighted by Gasteiger charge is -2.20. The molecule has 0 spiro atoms. The Kier molecular flexibility index (Phi) is 9.79. The molecule has 0 fully saturated rings. The Morgan fingerprint density at radius 2 is 1.12 bits per heavy atom. The van der Waals surface area contributed by atoms with Crippen molar-refractivity contribution in [3.8, 4) is 0 Å². The summed E-state index contributed by atoms with van der Waals surface area (Å²) in [5.74, 6) is 0. The van der Waals surface area contributed by atoms with Gasteiger partial charge >= 0.3 is 0 Å². The van der Waals surface area contributed by atoms with Gasteiger partial charge in [-0.1, -0.05) is 0 Å². The van der Waals surface area contributed by atoms with Crippen molar-refractivity contribution in [3.05, 3.63) is 0 Å². The molecule has 0 aromatic heterocycles. The van der Waals surface area contributed by atoms with Gasteiger partial charge in [0, 0.05) is 0 Å². The summed E-state index contributed by atoms with van der Waals surface area (Å²) in [6.07, 6.45) is 5.55. The number of nitrogens with zero attached hydrogens (tertiary/aromatic N) is 2. The Hall–Kier alpha value is -0.120. The summed E-state index contributed by atoms with van der Waals surface area (Å²) < 4.78 is 5.98. The molecule has 3 heteroatoms. The van der Waals surface area contributed by atoms with Gasteiger partial charge in [0.25, 0.3) is 0 Å². The van der Waals surface area contributed by atoms with Crippen LogP contribution in [-0.2, 0) is 4.74 Å². The lowest BCUT2D eigenvalue weighted by Crippen LogP contribution is -2.21. The van der Waals surface area contributed by atoms with E-state index in [-0.39, 0.29) is 0 Å². The molecule has 0 amide bonds. The highest BCUT2D eigenvalue weighted by atomic mass is 16.5. The third-order valence-corrected chi connectivity index (χ3v) is 2.90. The normalized spacial score (nSPS) is 15.5. The van der Waals surface area contributed by atoms with Gasteiger partial charge in [-0.2, -0.15) is 0 Å². The summed E-state index contributed by atoms with van der Waals surface area (Å²) in [7, 11) is 8.48. The Labute approximate surface area is 108 Å². The fourth-order valence-corrected chi connectivity index (χ4v) is 1.92. The first-order chi connectivity index (χ1) is 7.91. The third kappa shape index (κ3) is 12.1. The lowest BCUT2D eigenvalue weighted by atomic mass is 10.2. The molecule has 0 bridgehead atoms. The van der Waals surface area contributed by atoms with Crippen molar-refractivity contribution in [2.45, 2.75) is 51.7 Å². The first-order valence-electron chi connectivity index (χ1n) is 6.86. The minimum atomic E-state index is 0.393. The van der Waals surface area contributed by atoms with Crippen LogP contribution in [0.4, 0.5) is 0 Å². The highest BCUT2D eigenvalue weighted by Gasteiger charge is 2.08. The fraction of sp³-hybridized carbons (Fsp3) is 1.00. The summed E-state index contributed by atoms with van der Waals surface area (Å²) in [5.41, 5.74) is 0. The van der Waals surface area contributed by atoms with Gasteiger partial charge in [0.1, 0.15) is 0 Å². The molecule has 2 atom stereocenters. The van der Waals surface area contributed by atoms with Crippen LogP contribution >= 0.6 is 0 Å². The van der Waals surface area contributed by atoms with Crippen LogP contribution in [0.2, 0.25) is 0 Å². The quantitative estimate of drug-likeness (QED) is 0.587. The van der Waals surface area contributed by atoms with E-state index in [4.69, 9.17) is 4.74 Å². The topological polar surface area (TPSA) is 15.7 Å². The van der Waals surface area contributed by atoms with Crippen LogP contribution < -0.4 is 0 Å². The Morgan fingerprint density at radius 1 is 0.765 bits per heavy atom. The number of hydrogen-bond acceptors (Lipinski definition) is 3. The molecule has 0 rings (SSSR count). The molecular formula is C14H32N2O. The van der Waals surface area contributed by atoms with Crippen LogP contribution in [0.5, 0.6) is 0 Å². The Morgan fingerprint density at radius 3 is 1.41 bits per heavy atom. The van der Waals surface area contributed by atoms with E-state index < -0.39 is 0 Å². The molecular weight excluding hydrogens is 212 g/mol. The molecule has 0 saturated heterocycles. The first-order valence-corrected chi connectivity index (χ1v) is 6.86. The standard InChI is InChI=1S/C14H32N2O/c1-13(9-7-11-15(3)4)17-14(2)10-8-12-16(5)6/h13-14H,7-12H2,1-6H3. The van der Waals surface area contributed by atoms with E-state index in [1.165, 1.54) is 12.8 Å². The maximum atomic E-state index is 5.98. The molecule has 0 aromatic rings. The predicted octanol–water partition coefficient (Wildman–Crippen LogP) is 2.46. The van der Waals surface area contributed by atoms with Crippen molar-refractivity contribution < 1.29 is 4.74 Å². The van der Waals surface area contributed by atoms with Crippen LogP contribution in [-0.4, -0.2) is 63.3 Å². The van der Waals surface area contributed by atoms with Crippen molar-refractivity contribution in [2.75, 3.05) is 41.3 Å². The minimum absolute atomic E-state index is 0.393. The average molecular weight is 244 g/mol. The molecule has 3 nitrogen and oxygen atoms in total. The summed E-state index contributed by atoms with van der Waals surface area (Å²) in [6.45, 7) is 6.70. The molecule has 0 aliphatic heterocycles. The van der Waals surface area contributed by atoms with E-state index in [0.717, 1.165) is 25.9 Å². The molecule has 0 aliphatic carbocycles. The maximum Gasteiger partial charge on any atom is 0.0551 e. The second kappa shape index (κ2) is 9.86. The largest absolute Gasteiger partial charge is 0.376 e. The molecule has 0 radical (unpaired) electrons. The number of hydrogen-bond donors (Lipinski definition) is 0. The summed E-state index contributed by atoms with van der Waals surface area (Å²) in [5, 5.41) is 0. The smallest absolute Gasteiger partial charge is 0.0551 e. The number of ether oxygens (including phenoxy) is 1. The van der Waals surface area contributed by atoms with Crippen LogP contribution in [0.3, 0.4) is 0 Å². The van der Waals surface area contributed by atoms with Crippen LogP contribution in [0.1, 0.15) is 39.5 Å². The molecule has 0 heterocycles.